The summed E-state index contributed by atoms with van der Waals surface area (Å²) >= 11 is 0. The van der Waals surface area contributed by atoms with Crippen LogP contribution in [0.4, 0.5) is 0 Å². The average Bonchev–Trinajstić information content (AvgIpc) is 2.90. The van der Waals surface area contributed by atoms with E-state index in [1.54, 1.807) is 0 Å². The van der Waals surface area contributed by atoms with Crippen molar-refractivity contribution < 1.29 is 19.0 Å². The second-order valence-electron chi connectivity index (χ2n) is 5.11. The summed E-state index contributed by atoms with van der Waals surface area (Å²) in [5.41, 5.74) is 1.02. The van der Waals surface area contributed by atoms with E-state index in [1.165, 1.54) is 0 Å². The Balaban J connectivity index is 1.60. The number of hydrogen-bond acceptors (Lipinski definition) is 4. The molecule has 0 saturated carbocycles. The van der Waals surface area contributed by atoms with Gasteiger partial charge in [0, 0.05) is 19.6 Å². The van der Waals surface area contributed by atoms with Gasteiger partial charge in [0.1, 0.15) is 0 Å². The lowest BCUT2D eigenvalue weighted by molar-refractivity contribution is -0.125. The van der Waals surface area contributed by atoms with Crippen molar-refractivity contribution in [2.75, 3.05) is 26.4 Å². The normalized spacial score (nSPS) is 21.3. The van der Waals surface area contributed by atoms with Gasteiger partial charge in [-0.2, -0.15) is 0 Å². The molecule has 1 atom stereocenters. The Hall–Kier alpha value is -1.75. The summed E-state index contributed by atoms with van der Waals surface area (Å²) in [5, 5.41) is 2.95. The maximum absolute atomic E-state index is 11.9. The number of amides is 1. The molecule has 2 aliphatic rings. The Morgan fingerprint density at radius 2 is 2.05 bits per heavy atom. The van der Waals surface area contributed by atoms with E-state index in [0.717, 1.165) is 29.9 Å². The molecule has 3 rings (SSSR count). The fraction of sp³-hybridized carbons (Fsp3) is 0.533. The average molecular weight is 277 g/mol. The van der Waals surface area contributed by atoms with E-state index in [-0.39, 0.29) is 11.8 Å². The molecule has 0 aromatic heterocycles. The summed E-state index contributed by atoms with van der Waals surface area (Å²) in [7, 11) is 0. The largest absolute Gasteiger partial charge is 0.490 e. The predicted molar refractivity (Wildman–Crippen MR) is 72.8 cm³/mol. The molecule has 20 heavy (non-hydrogen) atoms. The van der Waals surface area contributed by atoms with Gasteiger partial charge in [-0.1, -0.05) is 6.07 Å². The van der Waals surface area contributed by atoms with E-state index in [0.29, 0.717) is 33.0 Å². The minimum Gasteiger partial charge on any atom is -0.490 e. The van der Waals surface area contributed by atoms with Crippen LogP contribution in [0.1, 0.15) is 18.4 Å². The molecule has 5 heteroatoms. The zero-order valence-electron chi connectivity index (χ0n) is 11.4. The third-order valence-electron chi connectivity index (χ3n) is 3.58. The summed E-state index contributed by atoms with van der Waals surface area (Å²) in [6.45, 7) is 3.08. The van der Waals surface area contributed by atoms with Crippen LogP contribution in [-0.4, -0.2) is 32.3 Å². The summed E-state index contributed by atoms with van der Waals surface area (Å²) in [4.78, 5) is 11.9. The van der Waals surface area contributed by atoms with Gasteiger partial charge in [-0.3, -0.25) is 4.79 Å². The molecule has 5 nitrogen and oxygen atoms in total. The van der Waals surface area contributed by atoms with Crippen LogP contribution in [0.3, 0.4) is 0 Å². The monoisotopic (exact) mass is 277 g/mol. The van der Waals surface area contributed by atoms with E-state index in [4.69, 9.17) is 14.2 Å². The van der Waals surface area contributed by atoms with Crippen LogP contribution in [0.2, 0.25) is 0 Å². The molecule has 0 aliphatic carbocycles. The van der Waals surface area contributed by atoms with Gasteiger partial charge in [0.25, 0.3) is 0 Å². The van der Waals surface area contributed by atoms with E-state index < -0.39 is 0 Å². The molecule has 0 unspecified atom stereocenters. The molecule has 1 aromatic carbocycles. The molecular weight excluding hydrogens is 258 g/mol. The number of carbonyl (C=O) groups excluding carboxylic acids is 1. The highest BCUT2D eigenvalue weighted by Crippen LogP contribution is 2.30. The minimum atomic E-state index is -0.00425. The van der Waals surface area contributed by atoms with Crippen molar-refractivity contribution >= 4 is 5.91 Å². The first-order valence-electron chi connectivity index (χ1n) is 7.07. The molecule has 1 saturated heterocycles. The van der Waals surface area contributed by atoms with Crippen LogP contribution >= 0.6 is 0 Å². The fourth-order valence-electron chi connectivity index (χ4n) is 2.39. The maximum atomic E-state index is 11.9. The Kier molecular flexibility index (Phi) is 4.06. The number of benzene rings is 1. The standard InChI is InChI=1S/C15H19NO4/c17-15(12-4-7-18-10-12)16-9-11-2-3-13-14(8-11)20-6-1-5-19-13/h2-3,8,12H,1,4-7,9-10H2,(H,16,17)/t12-/m0/s1. The summed E-state index contributed by atoms with van der Waals surface area (Å²) in [6, 6.07) is 5.80. The highest BCUT2D eigenvalue weighted by Gasteiger charge is 2.23. The van der Waals surface area contributed by atoms with Gasteiger partial charge >= 0.3 is 0 Å². The molecule has 1 aromatic rings. The van der Waals surface area contributed by atoms with Crippen LogP contribution in [-0.2, 0) is 16.1 Å². The van der Waals surface area contributed by atoms with Crippen molar-refractivity contribution in [3.63, 3.8) is 0 Å². The van der Waals surface area contributed by atoms with Crippen molar-refractivity contribution in [1.29, 1.82) is 0 Å². The molecule has 0 spiro atoms. The van der Waals surface area contributed by atoms with Gasteiger partial charge < -0.3 is 19.5 Å². The second-order valence-corrected chi connectivity index (χ2v) is 5.11. The van der Waals surface area contributed by atoms with Gasteiger partial charge in [0.2, 0.25) is 5.91 Å². The number of rotatable bonds is 3. The van der Waals surface area contributed by atoms with Crippen molar-refractivity contribution in [1.82, 2.24) is 5.32 Å². The third kappa shape index (κ3) is 3.04. The smallest absolute Gasteiger partial charge is 0.225 e. The van der Waals surface area contributed by atoms with E-state index in [1.807, 2.05) is 18.2 Å². The Bertz CT molecular complexity index is 483. The lowest BCUT2D eigenvalue weighted by atomic mass is 10.1. The van der Waals surface area contributed by atoms with Crippen molar-refractivity contribution in [2.45, 2.75) is 19.4 Å². The quantitative estimate of drug-likeness (QED) is 0.909. The highest BCUT2D eigenvalue weighted by molar-refractivity contribution is 5.79. The fourth-order valence-corrected chi connectivity index (χ4v) is 2.39. The van der Waals surface area contributed by atoms with Gasteiger partial charge in [0.05, 0.1) is 25.7 Å². The Labute approximate surface area is 118 Å². The van der Waals surface area contributed by atoms with E-state index in [9.17, 15) is 4.79 Å². The first-order chi connectivity index (χ1) is 9.83. The third-order valence-corrected chi connectivity index (χ3v) is 3.58. The molecule has 1 amide bonds. The van der Waals surface area contributed by atoms with Crippen LogP contribution in [0.15, 0.2) is 18.2 Å². The van der Waals surface area contributed by atoms with Crippen LogP contribution in [0.25, 0.3) is 0 Å². The number of fused-ring (bicyclic) bond motifs is 1. The second kappa shape index (κ2) is 6.13. The van der Waals surface area contributed by atoms with Crippen LogP contribution in [0, 0.1) is 5.92 Å². The van der Waals surface area contributed by atoms with Crippen molar-refractivity contribution in [3.05, 3.63) is 23.8 Å². The van der Waals surface area contributed by atoms with E-state index >= 15 is 0 Å². The first-order valence-corrected chi connectivity index (χ1v) is 7.07. The van der Waals surface area contributed by atoms with Gasteiger partial charge in [-0.05, 0) is 24.1 Å². The van der Waals surface area contributed by atoms with Crippen molar-refractivity contribution in [3.8, 4) is 11.5 Å². The summed E-state index contributed by atoms with van der Waals surface area (Å²) < 4.78 is 16.4. The number of ether oxygens (including phenoxy) is 3. The predicted octanol–water partition coefficient (Wildman–Crippen LogP) is 1.50. The number of hydrogen-bond donors (Lipinski definition) is 1. The van der Waals surface area contributed by atoms with Gasteiger partial charge in [-0.25, -0.2) is 0 Å². The number of carbonyl (C=O) groups is 1. The molecule has 1 fully saturated rings. The Morgan fingerprint density at radius 3 is 2.85 bits per heavy atom. The van der Waals surface area contributed by atoms with Crippen molar-refractivity contribution in [2.24, 2.45) is 5.92 Å². The van der Waals surface area contributed by atoms with Gasteiger partial charge in [0.15, 0.2) is 11.5 Å². The molecule has 2 heterocycles. The topological polar surface area (TPSA) is 56.8 Å². The number of nitrogens with one attached hydrogen (secondary N) is 1. The molecule has 2 aliphatic heterocycles. The van der Waals surface area contributed by atoms with E-state index in [2.05, 4.69) is 5.32 Å². The van der Waals surface area contributed by atoms with Crippen LogP contribution < -0.4 is 14.8 Å². The lowest BCUT2D eigenvalue weighted by Gasteiger charge is -2.12. The summed E-state index contributed by atoms with van der Waals surface area (Å²) in [5.74, 6) is 1.60. The molecule has 1 N–H and O–H groups in total. The first kappa shape index (κ1) is 13.2. The maximum Gasteiger partial charge on any atom is 0.225 e. The zero-order chi connectivity index (χ0) is 13.8. The zero-order valence-corrected chi connectivity index (χ0v) is 11.4. The molecule has 0 bridgehead atoms. The molecule has 108 valence electrons. The lowest BCUT2D eigenvalue weighted by Crippen LogP contribution is -2.30. The summed E-state index contributed by atoms with van der Waals surface area (Å²) in [6.07, 6.45) is 1.70. The minimum absolute atomic E-state index is 0.00425. The molecular formula is C15H19NO4. The van der Waals surface area contributed by atoms with Gasteiger partial charge in [-0.15, -0.1) is 0 Å². The van der Waals surface area contributed by atoms with Crippen LogP contribution in [0.5, 0.6) is 11.5 Å². The SMILES string of the molecule is O=C(NCc1ccc2c(c1)OCCCO2)[C@H]1CCOC1. The molecule has 0 radical (unpaired) electrons. The Morgan fingerprint density at radius 1 is 1.20 bits per heavy atom. The highest BCUT2D eigenvalue weighted by atomic mass is 16.5.